The summed E-state index contributed by atoms with van der Waals surface area (Å²) in [7, 11) is -4.25. The number of nitrogens with zero attached hydrogens (tertiary/aromatic N) is 2. The predicted octanol–water partition coefficient (Wildman–Crippen LogP) is 6.46. The molecular formula is C22H14Cl2F4N4O5S2. The van der Waals surface area contributed by atoms with Crippen LogP contribution in [0.5, 0.6) is 11.5 Å². The van der Waals surface area contributed by atoms with E-state index in [1.807, 2.05) is 0 Å². The van der Waals surface area contributed by atoms with Crippen molar-refractivity contribution < 1.29 is 40.6 Å². The third-order valence-corrected chi connectivity index (χ3v) is 6.93. The lowest BCUT2D eigenvalue weighted by Gasteiger charge is -2.15. The lowest BCUT2D eigenvalue weighted by molar-refractivity contribution is -0.192. The fraction of sp³-hybridized carbons (Fsp3) is 0.0455. The molecule has 4 aromatic rings. The van der Waals surface area contributed by atoms with Gasteiger partial charge in [0.15, 0.2) is 5.82 Å². The number of halogens is 6. The first-order chi connectivity index (χ1) is 18.2. The van der Waals surface area contributed by atoms with Crippen LogP contribution in [0.1, 0.15) is 0 Å². The first kappa shape index (κ1) is 29.9. The van der Waals surface area contributed by atoms with Crippen molar-refractivity contribution in [3.63, 3.8) is 0 Å². The first-order valence-electron chi connectivity index (χ1n) is 10.1. The minimum Gasteiger partial charge on any atom is -0.475 e. The molecule has 0 unspecified atom stereocenters. The van der Waals surface area contributed by atoms with Gasteiger partial charge in [-0.25, -0.2) is 27.6 Å². The number of carboxylic acids is 1. The quantitative estimate of drug-likeness (QED) is 0.207. The smallest absolute Gasteiger partial charge is 0.475 e. The zero-order valence-corrected chi connectivity index (χ0v) is 22.1. The maximum absolute atomic E-state index is 14.8. The predicted molar refractivity (Wildman–Crippen MR) is 137 cm³/mol. The van der Waals surface area contributed by atoms with Crippen molar-refractivity contribution in [2.45, 2.75) is 11.1 Å². The number of nitrogens with one attached hydrogen (secondary N) is 1. The minimum absolute atomic E-state index is 0.0771. The number of thiazole rings is 1. The topological polar surface area (TPSA) is 144 Å². The molecule has 0 fully saturated rings. The van der Waals surface area contributed by atoms with E-state index < -0.39 is 32.9 Å². The number of nitrogens with two attached hydrogens (primary N) is 1. The van der Waals surface area contributed by atoms with Crippen molar-refractivity contribution in [2.75, 3.05) is 10.5 Å². The molecule has 0 aliphatic heterocycles. The van der Waals surface area contributed by atoms with E-state index in [1.54, 1.807) is 30.3 Å². The molecule has 2 aromatic heterocycles. The zero-order valence-electron chi connectivity index (χ0n) is 18.9. The molecular weight excluding hydrogens is 611 g/mol. The number of hydrogen-bond donors (Lipinski definition) is 3. The van der Waals surface area contributed by atoms with Gasteiger partial charge in [-0.05, 0) is 42.0 Å². The number of rotatable bonds is 6. The molecule has 17 heteroatoms. The molecule has 0 aliphatic rings. The maximum Gasteiger partial charge on any atom is 0.490 e. The summed E-state index contributed by atoms with van der Waals surface area (Å²) in [6, 6.07) is 10.0. The van der Waals surface area contributed by atoms with Crippen LogP contribution in [-0.4, -0.2) is 35.6 Å². The summed E-state index contributed by atoms with van der Waals surface area (Å²) in [4.78, 5) is 16.0. The molecule has 0 saturated heterocycles. The Bertz CT molecular complexity index is 1600. The molecule has 0 aliphatic carbocycles. The molecule has 0 atom stereocenters. The minimum atomic E-state index is -5.08. The van der Waals surface area contributed by atoms with Gasteiger partial charge in [0.25, 0.3) is 10.0 Å². The van der Waals surface area contributed by atoms with E-state index in [9.17, 15) is 26.0 Å². The van der Waals surface area contributed by atoms with E-state index >= 15 is 0 Å². The standard InChI is InChI=1S/C20H13Cl2FN4O3S2.C2HF3O2/c21-12-1-2-16(13(6-12)11-3-4-25-19(24)5-11)30-17-8-15(23)18(7-14(17)22)32(28,29)27-20-9-31-10-26-20;3-2(4,5)1(6)7/h1-10,27H,(H2,24,25);(H,6,7). The number of nitrogen functional groups attached to an aromatic ring is 1. The summed E-state index contributed by atoms with van der Waals surface area (Å²) < 4.78 is 79.6. The van der Waals surface area contributed by atoms with E-state index in [-0.39, 0.29) is 16.6 Å². The van der Waals surface area contributed by atoms with Crippen molar-refractivity contribution in [3.8, 4) is 22.6 Å². The van der Waals surface area contributed by atoms with Crippen LogP contribution in [0.25, 0.3) is 11.1 Å². The number of benzene rings is 2. The van der Waals surface area contributed by atoms with Gasteiger partial charge in [0.05, 0.1) is 10.5 Å². The fourth-order valence-electron chi connectivity index (χ4n) is 2.80. The Morgan fingerprint density at radius 1 is 1.08 bits per heavy atom. The van der Waals surface area contributed by atoms with Gasteiger partial charge < -0.3 is 15.6 Å². The molecule has 4 N–H and O–H groups in total. The van der Waals surface area contributed by atoms with Gasteiger partial charge in [-0.3, -0.25) is 4.72 Å². The van der Waals surface area contributed by atoms with Crippen molar-refractivity contribution >= 4 is 62.2 Å². The number of sulfonamides is 1. The summed E-state index contributed by atoms with van der Waals surface area (Å²) in [6.45, 7) is 0. The molecule has 39 heavy (non-hydrogen) atoms. The van der Waals surface area contributed by atoms with Gasteiger partial charge in [-0.15, -0.1) is 11.3 Å². The Morgan fingerprint density at radius 2 is 1.77 bits per heavy atom. The van der Waals surface area contributed by atoms with Crippen LogP contribution in [0.3, 0.4) is 0 Å². The van der Waals surface area contributed by atoms with Crippen LogP contribution in [0, 0.1) is 5.82 Å². The summed E-state index contributed by atoms with van der Waals surface area (Å²) in [6.07, 6.45) is -3.56. The van der Waals surface area contributed by atoms with E-state index in [0.29, 0.717) is 27.7 Å². The largest absolute Gasteiger partial charge is 0.490 e. The lowest BCUT2D eigenvalue weighted by atomic mass is 10.1. The van der Waals surface area contributed by atoms with Crippen LogP contribution in [-0.2, 0) is 14.8 Å². The van der Waals surface area contributed by atoms with Crippen LogP contribution in [0.4, 0.5) is 29.2 Å². The summed E-state index contributed by atoms with van der Waals surface area (Å²) in [5, 5.41) is 8.93. The SMILES string of the molecule is Nc1cc(-c2cc(Cl)ccc2Oc2cc(F)c(S(=O)(=O)Nc3cscn3)cc2Cl)ccn1.O=C(O)C(F)(F)F. The summed E-state index contributed by atoms with van der Waals surface area (Å²) >= 11 is 13.6. The number of pyridine rings is 1. The molecule has 0 radical (unpaired) electrons. The number of carboxylic acid groups (broad SMARTS) is 1. The lowest BCUT2D eigenvalue weighted by Crippen LogP contribution is -2.21. The number of aliphatic carboxylic acids is 1. The first-order valence-corrected chi connectivity index (χ1v) is 13.2. The molecule has 9 nitrogen and oxygen atoms in total. The molecule has 0 saturated carbocycles. The van der Waals surface area contributed by atoms with Crippen LogP contribution < -0.4 is 15.2 Å². The number of anilines is 2. The highest BCUT2D eigenvalue weighted by Crippen LogP contribution is 2.39. The Hall–Kier alpha value is -3.66. The van der Waals surface area contributed by atoms with E-state index in [1.165, 1.54) is 28.4 Å². The highest BCUT2D eigenvalue weighted by molar-refractivity contribution is 7.92. The average molecular weight is 625 g/mol. The van der Waals surface area contributed by atoms with Crippen LogP contribution >= 0.6 is 34.5 Å². The molecule has 0 bridgehead atoms. The Labute approximate surface area is 231 Å². The van der Waals surface area contributed by atoms with E-state index in [2.05, 4.69) is 14.7 Å². The Kier molecular flexibility index (Phi) is 9.22. The molecule has 4 rings (SSSR count). The van der Waals surface area contributed by atoms with Gasteiger partial charge in [-0.1, -0.05) is 23.2 Å². The number of carbonyl (C=O) groups is 1. The number of alkyl halides is 3. The van der Waals surface area contributed by atoms with Crippen molar-refractivity contribution in [1.29, 1.82) is 0 Å². The second-order valence-corrected chi connectivity index (χ2v) is 10.4. The summed E-state index contributed by atoms with van der Waals surface area (Å²) in [5.41, 5.74) is 8.43. The maximum atomic E-state index is 14.8. The Balaban J connectivity index is 0.000000532. The molecule has 2 heterocycles. The van der Waals surface area contributed by atoms with E-state index in [0.717, 1.165) is 12.1 Å². The zero-order chi connectivity index (χ0) is 29.0. The number of aromatic nitrogens is 2. The van der Waals surface area contributed by atoms with Crippen molar-refractivity contribution in [2.24, 2.45) is 0 Å². The van der Waals surface area contributed by atoms with Crippen molar-refractivity contribution in [1.82, 2.24) is 9.97 Å². The third kappa shape index (κ3) is 7.92. The fourth-order valence-corrected chi connectivity index (χ4v) is 4.88. The number of ether oxygens (including phenoxy) is 1. The van der Waals surface area contributed by atoms with Gasteiger partial charge in [0.2, 0.25) is 0 Å². The highest BCUT2D eigenvalue weighted by atomic mass is 35.5. The van der Waals surface area contributed by atoms with Gasteiger partial charge in [0.1, 0.15) is 28.0 Å². The molecule has 0 spiro atoms. The van der Waals surface area contributed by atoms with Gasteiger partial charge in [0, 0.05) is 28.2 Å². The molecule has 2 aromatic carbocycles. The highest BCUT2D eigenvalue weighted by Gasteiger charge is 2.38. The number of hydrogen-bond acceptors (Lipinski definition) is 8. The summed E-state index contributed by atoms with van der Waals surface area (Å²) in [5.74, 6) is -3.21. The molecule has 206 valence electrons. The Morgan fingerprint density at radius 3 is 2.36 bits per heavy atom. The van der Waals surface area contributed by atoms with Gasteiger partial charge >= 0.3 is 12.1 Å². The monoisotopic (exact) mass is 624 g/mol. The molecule has 0 amide bonds. The second kappa shape index (κ2) is 12.0. The van der Waals surface area contributed by atoms with E-state index in [4.69, 9.17) is 43.6 Å². The normalized spacial score (nSPS) is 11.3. The van der Waals surface area contributed by atoms with Crippen LogP contribution in [0.2, 0.25) is 10.0 Å². The average Bonchev–Trinajstić information content (AvgIpc) is 3.34. The van der Waals surface area contributed by atoms with Crippen molar-refractivity contribution in [3.05, 3.63) is 75.4 Å². The van der Waals surface area contributed by atoms with Crippen LogP contribution in [0.15, 0.2) is 64.4 Å². The second-order valence-electron chi connectivity index (χ2n) is 7.21. The third-order valence-electron chi connectivity index (χ3n) is 4.44. The van der Waals surface area contributed by atoms with Gasteiger partial charge in [-0.2, -0.15) is 13.2 Å².